The molecule has 0 saturated carbocycles. The number of aryl methyl sites for hydroxylation is 1. The van der Waals surface area contributed by atoms with Crippen molar-refractivity contribution in [3.63, 3.8) is 0 Å². The molecule has 1 aliphatic rings. The molecule has 1 atom stereocenters. The largest absolute Gasteiger partial charge is 0.378 e. The van der Waals surface area contributed by atoms with E-state index in [0.29, 0.717) is 24.5 Å². The third-order valence-electron chi connectivity index (χ3n) is 5.30. The number of ether oxygens (including phenoxy) is 1. The van der Waals surface area contributed by atoms with Crippen LogP contribution in [-0.2, 0) is 4.74 Å². The number of amides is 1. The van der Waals surface area contributed by atoms with Gasteiger partial charge in [-0.2, -0.15) is 0 Å². The minimum absolute atomic E-state index is 0.220. The van der Waals surface area contributed by atoms with Crippen molar-refractivity contribution in [2.45, 2.75) is 19.9 Å². The second-order valence-corrected chi connectivity index (χ2v) is 7.69. The van der Waals surface area contributed by atoms with Crippen LogP contribution in [0.25, 0.3) is 11.3 Å². The van der Waals surface area contributed by atoms with Crippen molar-refractivity contribution in [3.8, 4) is 11.3 Å². The number of aromatic nitrogens is 2. The summed E-state index contributed by atoms with van der Waals surface area (Å²) in [5.41, 5.74) is 4.85. The lowest BCUT2D eigenvalue weighted by Gasteiger charge is -2.29. The van der Waals surface area contributed by atoms with E-state index in [4.69, 9.17) is 4.74 Å². The fourth-order valence-corrected chi connectivity index (χ4v) is 3.53. The summed E-state index contributed by atoms with van der Waals surface area (Å²) in [7, 11) is 0. The van der Waals surface area contributed by atoms with Crippen LogP contribution in [0.1, 0.15) is 34.6 Å². The van der Waals surface area contributed by atoms with Crippen LogP contribution in [0.3, 0.4) is 0 Å². The Morgan fingerprint density at radius 1 is 1.10 bits per heavy atom. The van der Waals surface area contributed by atoms with Gasteiger partial charge in [0, 0.05) is 36.1 Å². The quantitative estimate of drug-likeness (QED) is 0.678. The summed E-state index contributed by atoms with van der Waals surface area (Å²) in [6, 6.07) is 12.3. The van der Waals surface area contributed by atoms with Gasteiger partial charge in [0.15, 0.2) is 0 Å². The highest BCUT2D eigenvalue weighted by Gasteiger charge is 2.18. The highest BCUT2D eigenvalue weighted by atomic mass is 19.1. The van der Waals surface area contributed by atoms with E-state index in [9.17, 15) is 9.18 Å². The van der Waals surface area contributed by atoms with Crippen LogP contribution < -0.4 is 10.2 Å². The monoisotopic (exact) mass is 420 g/mol. The minimum atomic E-state index is -0.407. The summed E-state index contributed by atoms with van der Waals surface area (Å²) in [5, 5.41) is 2.96. The third-order valence-corrected chi connectivity index (χ3v) is 5.30. The van der Waals surface area contributed by atoms with Gasteiger partial charge in [0.25, 0.3) is 5.91 Å². The summed E-state index contributed by atoms with van der Waals surface area (Å²) < 4.78 is 18.6. The first-order chi connectivity index (χ1) is 15.0. The van der Waals surface area contributed by atoms with Gasteiger partial charge in [-0.1, -0.05) is 6.07 Å². The standard InChI is InChI=1S/C24H25FN4O2/c1-16-3-5-23(26-14-16)18-11-19(13-21(12-18)29-7-9-31-10-8-29)24(30)28-17(2)22-6-4-20(25)15-27-22/h3-6,11-15,17H,7-10H2,1-2H3,(H,28,30)/t17-/m1/s1. The van der Waals surface area contributed by atoms with Gasteiger partial charge >= 0.3 is 0 Å². The maximum Gasteiger partial charge on any atom is 0.251 e. The van der Waals surface area contributed by atoms with Gasteiger partial charge in [0.1, 0.15) is 5.82 Å². The summed E-state index contributed by atoms with van der Waals surface area (Å²) >= 11 is 0. The van der Waals surface area contributed by atoms with Gasteiger partial charge < -0.3 is 15.0 Å². The van der Waals surface area contributed by atoms with Crippen LogP contribution in [0.4, 0.5) is 10.1 Å². The number of hydrogen-bond acceptors (Lipinski definition) is 5. The van der Waals surface area contributed by atoms with E-state index < -0.39 is 5.82 Å². The average molecular weight is 420 g/mol. The molecule has 1 N–H and O–H groups in total. The maximum atomic E-state index is 13.2. The van der Waals surface area contributed by atoms with Crippen LogP contribution >= 0.6 is 0 Å². The molecule has 3 aromatic rings. The van der Waals surface area contributed by atoms with Crippen molar-refractivity contribution < 1.29 is 13.9 Å². The van der Waals surface area contributed by atoms with Crippen LogP contribution in [0, 0.1) is 12.7 Å². The summed E-state index contributed by atoms with van der Waals surface area (Å²) in [4.78, 5) is 23.9. The number of benzene rings is 1. The third kappa shape index (κ3) is 5.06. The summed E-state index contributed by atoms with van der Waals surface area (Å²) in [6.07, 6.45) is 2.97. The van der Waals surface area contributed by atoms with E-state index in [2.05, 4.69) is 26.3 Å². The number of carbonyl (C=O) groups excluding carboxylic acids is 1. The van der Waals surface area contributed by atoms with E-state index in [0.717, 1.165) is 41.8 Å². The number of carbonyl (C=O) groups is 1. The second kappa shape index (κ2) is 9.22. The maximum absolute atomic E-state index is 13.2. The summed E-state index contributed by atoms with van der Waals surface area (Å²) in [6.45, 7) is 6.66. The highest BCUT2D eigenvalue weighted by Crippen LogP contribution is 2.27. The van der Waals surface area contributed by atoms with Gasteiger partial charge in [-0.15, -0.1) is 0 Å². The van der Waals surface area contributed by atoms with E-state index in [-0.39, 0.29) is 11.9 Å². The molecule has 0 radical (unpaired) electrons. The fraction of sp³-hybridized carbons (Fsp3) is 0.292. The Kier molecular flexibility index (Phi) is 6.23. The van der Waals surface area contributed by atoms with Gasteiger partial charge in [0.2, 0.25) is 0 Å². The van der Waals surface area contributed by atoms with Crippen molar-refractivity contribution in [1.82, 2.24) is 15.3 Å². The van der Waals surface area contributed by atoms with Crippen LogP contribution in [0.15, 0.2) is 54.9 Å². The van der Waals surface area contributed by atoms with Crippen LogP contribution in [0.5, 0.6) is 0 Å². The predicted molar refractivity (Wildman–Crippen MR) is 118 cm³/mol. The van der Waals surface area contributed by atoms with Gasteiger partial charge in [-0.05, 0) is 55.8 Å². The number of anilines is 1. The van der Waals surface area contributed by atoms with Crippen molar-refractivity contribution in [1.29, 1.82) is 0 Å². The molecule has 0 spiro atoms. The first-order valence-corrected chi connectivity index (χ1v) is 10.3. The number of nitrogens with one attached hydrogen (secondary N) is 1. The number of pyridine rings is 2. The van der Waals surface area contributed by atoms with Crippen LogP contribution in [0.2, 0.25) is 0 Å². The zero-order chi connectivity index (χ0) is 21.8. The van der Waals surface area contributed by atoms with Crippen molar-refractivity contribution in [2.75, 3.05) is 31.2 Å². The zero-order valence-corrected chi connectivity index (χ0v) is 17.6. The van der Waals surface area contributed by atoms with Crippen LogP contribution in [-0.4, -0.2) is 42.2 Å². The lowest BCUT2D eigenvalue weighted by molar-refractivity contribution is 0.0939. The van der Waals surface area contributed by atoms with Gasteiger partial charge in [-0.3, -0.25) is 14.8 Å². The molecule has 4 rings (SSSR count). The predicted octanol–water partition coefficient (Wildman–Crippen LogP) is 3.92. The molecule has 3 heterocycles. The van der Waals surface area contributed by atoms with E-state index in [1.54, 1.807) is 6.07 Å². The average Bonchev–Trinajstić information content (AvgIpc) is 2.80. The van der Waals surface area contributed by atoms with Crippen molar-refractivity contribution in [2.24, 2.45) is 0 Å². The Bertz CT molecular complexity index is 1050. The summed E-state index contributed by atoms with van der Waals surface area (Å²) in [5.74, 6) is -0.627. The normalized spacial score (nSPS) is 14.9. The molecule has 1 amide bonds. The molecule has 1 aromatic carbocycles. The number of hydrogen-bond donors (Lipinski definition) is 1. The Balaban J connectivity index is 1.64. The first kappa shape index (κ1) is 20.9. The Morgan fingerprint density at radius 2 is 1.90 bits per heavy atom. The molecule has 1 aliphatic heterocycles. The fourth-order valence-electron chi connectivity index (χ4n) is 3.53. The van der Waals surface area contributed by atoms with E-state index in [1.807, 2.05) is 44.3 Å². The number of nitrogens with zero attached hydrogens (tertiary/aromatic N) is 3. The molecule has 1 saturated heterocycles. The topological polar surface area (TPSA) is 67.4 Å². The molecule has 0 unspecified atom stereocenters. The smallest absolute Gasteiger partial charge is 0.251 e. The van der Waals surface area contributed by atoms with Gasteiger partial charge in [-0.25, -0.2) is 4.39 Å². The molecule has 7 heteroatoms. The molecule has 6 nitrogen and oxygen atoms in total. The molecule has 160 valence electrons. The Hall–Kier alpha value is -3.32. The Morgan fingerprint density at radius 3 is 2.58 bits per heavy atom. The van der Waals surface area contributed by atoms with Gasteiger partial charge in [0.05, 0.1) is 36.8 Å². The lowest BCUT2D eigenvalue weighted by atomic mass is 10.0. The van der Waals surface area contributed by atoms with Crippen molar-refractivity contribution >= 4 is 11.6 Å². The second-order valence-electron chi connectivity index (χ2n) is 7.69. The number of halogens is 1. The minimum Gasteiger partial charge on any atom is -0.378 e. The lowest BCUT2D eigenvalue weighted by Crippen LogP contribution is -2.36. The van der Waals surface area contributed by atoms with E-state index in [1.165, 1.54) is 6.07 Å². The zero-order valence-electron chi connectivity index (χ0n) is 17.6. The number of rotatable bonds is 5. The molecular weight excluding hydrogens is 395 g/mol. The number of morpholine rings is 1. The highest BCUT2D eigenvalue weighted by molar-refractivity contribution is 5.97. The molecule has 31 heavy (non-hydrogen) atoms. The van der Waals surface area contributed by atoms with Crippen molar-refractivity contribution in [3.05, 3.63) is 77.5 Å². The Labute approximate surface area is 181 Å². The molecule has 0 bridgehead atoms. The van der Waals surface area contributed by atoms with E-state index >= 15 is 0 Å². The molecular formula is C24H25FN4O2. The SMILES string of the molecule is Cc1ccc(-c2cc(C(=O)N[C@H](C)c3ccc(F)cn3)cc(N3CCOCC3)c2)nc1. The molecule has 0 aliphatic carbocycles. The first-order valence-electron chi connectivity index (χ1n) is 10.3. The molecule has 1 fully saturated rings. The molecule has 2 aromatic heterocycles.